The third-order valence-electron chi connectivity index (χ3n) is 2.67. The van der Waals surface area contributed by atoms with Gasteiger partial charge < -0.3 is 4.74 Å². The molecule has 1 aromatic heterocycles. The fraction of sp³-hybridized carbons (Fsp3) is 0.615. The van der Waals surface area contributed by atoms with Gasteiger partial charge in [0.05, 0.1) is 19.3 Å². The van der Waals surface area contributed by atoms with E-state index in [1.807, 2.05) is 13.8 Å². The van der Waals surface area contributed by atoms with Crippen LogP contribution >= 0.6 is 0 Å². The molecule has 0 aliphatic carbocycles. The monoisotopic (exact) mass is 238 g/mol. The molecule has 96 valence electrons. The fourth-order valence-electron chi connectivity index (χ4n) is 2.06. The third-order valence-corrected chi connectivity index (χ3v) is 2.67. The summed E-state index contributed by atoms with van der Waals surface area (Å²) in [4.78, 5) is 9.81. The van der Waals surface area contributed by atoms with Gasteiger partial charge in [0, 0.05) is 18.5 Å². The first-order valence-electron chi connectivity index (χ1n) is 5.87. The van der Waals surface area contributed by atoms with Crippen molar-refractivity contribution in [3.8, 4) is 0 Å². The molecule has 4 nitrogen and oxygen atoms in total. The second-order valence-corrected chi connectivity index (χ2v) is 4.26. The lowest BCUT2D eigenvalue weighted by Crippen LogP contribution is -2.23. The summed E-state index contributed by atoms with van der Waals surface area (Å²) in [5.41, 5.74) is 7.56. The Hall–Kier alpha value is -0.970. The van der Waals surface area contributed by atoms with Gasteiger partial charge in [-0.05, 0) is 44.9 Å². The number of nitrogens with one attached hydrogen (secondary N) is 1. The van der Waals surface area contributed by atoms with Crippen LogP contribution in [-0.4, -0.2) is 25.3 Å². The minimum absolute atomic E-state index is 0.125. The van der Waals surface area contributed by atoms with Crippen LogP contribution in [0.3, 0.4) is 0 Å². The van der Waals surface area contributed by atoms with Crippen LogP contribution in [0.25, 0.3) is 0 Å². The van der Waals surface area contributed by atoms with E-state index in [1.165, 1.54) is 11.1 Å². The zero-order valence-electron chi connectivity index (χ0n) is 11.3. The Morgan fingerprint density at radius 1 is 1.29 bits per heavy atom. The molecule has 0 aliphatic rings. The molecule has 1 atom stereocenters. The Bertz CT molecular complexity index is 343. The predicted octanol–water partition coefficient (Wildman–Crippen LogP) is 2.24. The number of rotatable bonds is 6. The first-order chi connectivity index (χ1) is 8.06. The molecule has 1 N–H and O–H groups in total. The lowest BCUT2D eigenvalue weighted by atomic mass is 10.0. The summed E-state index contributed by atoms with van der Waals surface area (Å²) in [5, 5.41) is 0. The SMILES string of the molecule is COCCONC(C)c1c(C)cc(C)nc1C. The quantitative estimate of drug-likeness (QED) is 0.609. The molecule has 1 rings (SSSR count). The van der Waals surface area contributed by atoms with E-state index in [9.17, 15) is 0 Å². The van der Waals surface area contributed by atoms with Crippen LogP contribution in [-0.2, 0) is 9.57 Å². The number of aryl methyl sites for hydroxylation is 3. The molecule has 0 aliphatic heterocycles. The molecular formula is C13H22N2O2. The summed E-state index contributed by atoms with van der Waals surface area (Å²) in [7, 11) is 1.66. The van der Waals surface area contributed by atoms with Gasteiger partial charge in [0.2, 0.25) is 0 Å². The van der Waals surface area contributed by atoms with E-state index in [2.05, 4.69) is 30.4 Å². The molecular weight excluding hydrogens is 216 g/mol. The zero-order chi connectivity index (χ0) is 12.8. The molecule has 1 aromatic rings. The van der Waals surface area contributed by atoms with Crippen LogP contribution in [0.2, 0.25) is 0 Å². The van der Waals surface area contributed by atoms with Crippen molar-refractivity contribution in [2.24, 2.45) is 0 Å². The Morgan fingerprint density at radius 3 is 2.59 bits per heavy atom. The van der Waals surface area contributed by atoms with Gasteiger partial charge in [0.25, 0.3) is 0 Å². The topological polar surface area (TPSA) is 43.4 Å². The van der Waals surface area contributed by atoms with Crippen LogP contribution in [0, 0.1) is 20.8 Å². The molecule has 0 radical (unpaired) electrons. The van der Waals surface area contributed by atoms with Crippen molar-refractivity contribution >= 4 is 0 Å². The molecule has 1 unspecified atom stereocenters. The van der Waals surface area contributed by atoms with Gasteiger partial charge in [-0.15, -0.1) is 0 Å². The lowest BCUT2D eigenvalue weighted by molar-refractivity contribution is -0.00950. The van der Waals surface area contributed by atoms with E-state index < -0.39 is 0 Å². The van der Waals surface area contributed by atoms with E-state index in [-0.39, 0.29) is 6.04 Å². The first-order valence-corrected chi connectivity index (χ1v) is 5.87. The van der Waals surface area contributed by atoms with Gasteiger partial charge in [-0.25, -0.2) is 0 Å². The number of methoxy groups -OCH3 is 1. The highest BCUT2D eigenvalue weighted by atomic mass is 16.7. The zero-order valence-corrected chi connectivity index (χ0v) is 11.3. The highest BCUT2D eigenvalue weighted by molar-refractivity contribution is 5.33. The van der Waals surface area contributed by atoms with Gasteiger partial charge >= 0.3 is 0 Å². The smallest absolute Gasteiger partial charge is 0.0916 e. The van der Waals surface area contributed by atoms with Crippen LogP contribution in [0.15, 0.2) is 6.07 Å². The Morgan fingerprint density at radius 2 is 2.00 bits per heavy atom. The summed E-state index contributed by atoms with van der Waals surface area (Å²) < 4.78 is 4.92. The molecule has 4 heteroatoms. The average Bonchev–Trinajstić information content (AvgIpc) is 2.23. The van der Waals surface area contributed by atoms with Gasteiger partial charge in [0.1, 0.15) is 0 Å². The predicted molar refractivity (Wildman–Crippen MR) is 67.8 cm³/mol. The van der Waals surface area contributed by atoms with Crippen LogP contribution in [0.5, 0.6) is 0 Å². The molecule has 0 fully saturated rings. The molecule has 1 heterocycles. The summed E-state index contributed by atoms with van der Waals surface area (Å²) >= 11 is 0. The maximum atomic E-state index is 5.33. The van der Waals surface area contributed by atoms with Gasteiger partial charge in [-0.2, -0.15) is 5.48 Å². The van der Waals surface area contributed by atoms with Gasteiger partial charge in [-0.1, -0.05) is 0 Å². The number of nitrogens with zero attached hydrogens (tertiary/aromatic N) is 1. The standard InChI is InChI=1S/C13H22N2O2/c1-9-8-10(2)14-11(3)13(9)12(4)15-17-7-6-16-5/h8,12,15H,6-7H2,1-5H3. The minimum atomic E-state index is 0.125. The summed E-state index contributed by atoms with van der Waals surface area (Å²) in [6, 6.07) is 2.22. The Balaban J connectivity index is 2.65. The van der Waals surface area contributed by atoms with Crippen LogP contribution < -0.4 is 5.48 Å². The second-order valence-electron chi connectivity index (χ2n) is 4.26. The first kappa shape index (κ1) is 14.1. The Labute approximate surface area is 103 Å². The van der Waals surface area contributed by atoms with E-state index in [0.29, 0.717) is 13.2 Å². The highest BCUT2D eigenvalue weighted by Crippen LogP contribution is 2.20. The molecule has 0 saturated carbocycles. The van der Waals surface area contributed by atoms with E-state index in [0.717, 1.165) is 11.4 Å². The van der Waals surface area contributed by atoms with E-state index in [1.54, 1.807) is 7.11 Å². The van der Waals surface area contributed by atoms with Crippen molar-refractivity contribution in [2.45, 2.75) is 33.7 Å². The number of hydrogen-bond acceptors (Lipinski definition) is 4. The number of pyridine rings is 1. The summed E-state index contributed by atoms with van der Waals surface area (Å²) in [6.45, 7) is 9.34. The average molecular weight is 238 g/mol. The summed E-state index contributed by atoms with van der Waals surface area (Å²) in [6.07, 6.45) is 0. The van der Waals surface area contributed by atoms with Gasteiger partial charge in [0.15, 0.2) is 0 Å². The summed E-state index contributed by atoms with van der Waals surface area (Å²) in [5.74, 6) is 0. The van der Waals surface area contributed by atoms with E-state index in [4.69, 9.17) is 9.57 Å². The minimum Gasteiger partial charge on any atom is -0.382 e. The van der Waals surface area contributed by atoms with Gasteiger partial charge in [-0.3, -0.25) is 9.82 Å². The third kappa shape index (κ3) is 4.07. The number of ether oxygens (including phenoxy) is 1. The molecule has 0 spiro atoms. The molecule has 0 bridgehead atoms. The van der Waals surface area contributed by atoms with Crippen molar-refractivity contribution in [3.05, 3.63) is 28.6 Å². The molecule has 0 saturated heterocycles. The second kappa shape index (κ2) is 6.69. The van der Waals surface area contributed by atoms with Crippen molar-refractivity contribution in [3.63, 3.8) is 0 Å². The maximum Gasteiger partial charge on any atom is 0.0916 e. The molecule has 0 amide bonds. The number of hydrogen-bond donors (Lipinski definition) is 1. The lowest BCUT2D eigenvalue weighted by Gasteiger charge is -2.18. The van der Waals surface area contributed by atoms with Crippen molar-refractivity contribution in [1.29, 1.82) is 0 Å². The number of aromatic nitrogens is 1. The largest absolute Gasteiger partial charge is 0.382 e. The fourth-order valence-corrected chi connectivity index (χ4v) is 2.06. The number of hydroxylamine groups is 1. The molecule has 17 heavy (non-hydrogen) atoms. The highest BCUT2D eigenvalue weighted by Gasteiger charge is 2.12. The maximum absolute atomic E-state index is 5.33. The van der Waals surface area contributed by atoms with Crippen LogP contribution in [0.4, 0.5) is 0 Å². The van der Waals surface area contributed by atoms with Crippen molar-refractivity contribution in [1.82, 2.24) is 10.5 Å². The normalized spacial score (nSPS) is 12.8. The van der Waals surface area contributed by atoms with E-state index >= 15 is 0 Å². The van der Waals surface area contributed by atoms with Crippen molar-refractivity contribution in [2.75, 3.05) is 20.3 Å². The molecule has 0 aromatic carbocycles. The Kier molecular flexibility index (Phi) is 5.55. The van der Waals surface area contributed by atoms with Crippen molar-refractivity contribution < 1.29 is 9.57 Å². The van der Waals surface area contributed by atoms with Crippen LogP contribution in [0.1, 0.15) is 35.5 Å².